The fourth-order valence-corrected chi connectivity index (χ4v) is 3.31. The zero-order chi connectivity index (χ0) is 16.9. The third-order valence-corrected chi connectivity index (χ3v) is 4.63. The van der Waals surface area contributed by atoms with Crippen LogP contribution in [0.3, 0.4) is 0 Å². The Morgan fingerprint density at radius 3 is 2.88 bits per heavy atom. The van der Waals surface area contributed by atoms with Crippen LogP contribution in [0.4, 0.5) is 0 Å². The predicted octanol–water partition coefficient (Wildman–Crippen LogP) is 2.75. The molecular weight excluding hydrogens is 302 g/mol. The average molecular weight is 329 g/mol. The molecule has 3 heterocycles. The molecule has 2 aromatic heterocycles. The second-order valence-electron chi connectivity index (χ2n) is 6.73. The SMILES string of the molecule is COCCN1CCCC(c2nccnc2-c2cnn(C(C)C)c2)C1. The molecule has 6 heteroatoms. The van der Waals surface area contributed by atoms with Crippen LogP contribution in [0, 0.1) is 0 Å². The van der Waals surface area contributed by atoms with Crippen LogP contribution in [0.1, 0.15) is 44.3 Å². The van der Waals surface area contributed by atoms with Gasteiger partial charge in [-0.25, -0.2) is 0 Å². The summed E-state index contributed by atoms with van der Waals surface area (Å²) in [7, 11) is 1.76. The van der Waals surface area contributed by atoms with Gasteiger partial charge in [-0.15, -0.1) is 0 Å². The first kappa shape index (κ1) is 17.0. The summed E-state index contributed by atoms with van der Waals surface area (Å²) in [5.74, 6) is 0.418. The average Bonchev–Trinajstić information content (AvgIpc) is 3.10. The Bertz CT molecular complexity index is 654. The Balaban J connectivity index is 1.83. The van der Waals surface area contributed by atoms with Gasteiger partial charge in [-0.2, -0.15) is 5.10 Å². The third-order valence-electron chi connectivity index (χ3n) is 4.63. The molecule has 0 spiro atoms. The fourth-order valence-electron chi connectivity index (χ4n) is 3.31. The minimum atomic E-state index is 0.345. The maximum absolute atomic E-state index is 5.22. The molecule has 0 aliphatic carbocycles. The summed E-state index contributed by atoms with van der Waals surface area (Å²) >= 11 is 0. The Morgan fingerprint density at radius 2 is 2.12 bits per heavy atom. The Kier molecular flexibility index (Phi) is 5.58. The van der Waals surface area contributed by atoms with E-state index in [4.69, 9.17) is 9.72 Å². The van der Waals surface area contributed by atoms with Crippen LogP contribution in [0.5, 0.6) is 0 Å². The van der Waals surface area contributed by atoms with Crippen molar-refractivity contribution in [3.05, 3.63) is 30.5 Å². The van der Waals surface area contributed by atoms with E-state index in [1.807, 2.05) is 10.9 Å². The highest BCUT2D eigenvalue weighted by Crippen LogP contribution is 2.31. The molecule has 1 atom stereocenters. The molecule has 24 heavy (non-hydrogen) atoms. The molecule has 0 N–H and O–H groups in total. The minimum absolute atomic E-state index is 0.345. The number of likely N-dealkylation sites (tertiary alicyclic amines) is 1. The largest absolute Gasteiger partial charge is 0.383 e. The van der Waals surface area contributed by atoms with Crippen LogP contribution in [-0.4, -0.2) is 58.0 Å². The number of ether oxygens (including phenoxy) is 1. The van der Waals surface area contributed by atoms with Crippen molar-refractivity contribution in [3.63, 3.8) is 0 Å². The lowest BCUT2D eigenvalue weighted by Gasteiger charge is -2.32. The molecular formula is C18H27N5O. The van der Waals surface area contributed by atoms with Crippen LogP contribution in [-0.2, 0) is 4.74 Å². The van der Waals surface area contributed by atoms with Gasteiger partial charge in [-0.3, -0.25) is 14.6 Å². The number of rotatable bonds is 6. The van der Waals surface area contributed by atoms with Gasteiger partial charge in [0.05, 0.1) is 24.2 Å². The molecule has 0 radical (unpaired) electrons. The maximum atomic E-state index is 5.22. The summed E-state index contributed by atoms with van der Waals surface area (Å²) in [5.41, 5.74) is 3.13. The molecule has 1 aliphatic heterocycles. The maximum Gasteiger partial charge on any atom is 0.0952 e. The third kappa shape index (κ3) is 3.82. The minimum Gasteiger partial charge on any atom is -0.383 e. The van der Waals surface area contributed by atoms with E-state index in [1.165, 1.54) is 6.42 Å². The summed E-state index contributed by atoms with van der Waals surface area (Å²) in [6.45, 7) is 8.18. The van der Waals surface area contributed by atoms with E-state index >= 15 is 0 Å². The van der Waals surface area contributed by atoms with Crippen LogP contribution < -0.4 is 0 Å². The van der Waals surface area contributed by atoms with Crippen molar-refractivity contribution < 1.29 is 4.74 Å². The standard InChI is InChI=1S/C18H27N5O/c1-14(2)23-13-16(11-21-23)18-17(19-6-7-20-18)15-5-4-8-22(12-15)9-10-24-3/h6-7,11,13-15H,4-5,8-10,12H2,1-3H3. The number of nitrogens with zero attached hydrogens (tertiary/aromatic N) is 5. The van der Waals surface area contributed by atoms with Gasteiger partial charge in [0.1, 0.15) is 0 Å². The zero-order valence-electron chi connectivity index (χ0n) is 14.9. The molecule has 3 rings (SSSR count). The van der Waals surface area contributed by atoms with Gasteiger partial charge in [-0.1, -0.05) is 0 Å². The molecule has 1 saturated heterocycles. The van der Waals surface area contributed by atoms with Crippen LogP contribution >= 0.6 is 0 Å². The number of methoxy groups -OCH3 is 1. The number of aromatic nitrogens is 4. The Hall–Kier alpha value is -1.79. The van der Waals surface area contributed by atoms with E-state index in [0.717, 1.165) is 49.6 Å². The van der Waals surface area contributed by atoms with Gasteiger partial charge in [0.15, 0.2) is 0 Å². The summed E-state index contributed by atoms with van der Waals surface area (Å²) in [5, 5.41) is 4.46. The van der Waals surface area contributed by atoms with Crippen molar-refractivity contribution in [3.8, 4) is 11.3 Å². The molecule has 2 aromatic rings. The molecule has 0 aromatic carbocycles. The smallest absolute Gasteiger partial charge is 0.0952 e. The second kappa shape index (κ2) is 7.85. The van der Waals surface area contributed by atoms with Crippen molar-refractivity contribution in [1.29, 1.82) is 0 Å². The van der Waals surface area contributed by atoms with Gasteiger partial charge < -0.3 is 9.64 Å². The molecule has 6 nitrogen and oxygen atoms in total. The van der Waals surface area contributed by atoms with Crippen molar-refractivity contribution in [1.82, 2.24) is 24.6 Å². The number of hydrogen-bond donors (Lipinski definition) is 0. The first-order valence-corrected chi connectivity index (χ1v) is 8.75. The highest BCUT2D eigenvalue weighted by Gasteiger charge is 2.25. The van der Waals surface area contributed by atoms with E-state index in [0.29, 0.717) is 12.0 Å². The molecule has 130 valence electrons. The molecule has 1 aliphatic rings. The first-order valence-electron chi connectivity index (χ1n) is 8.75. The molecule has 1 fully saturated rings. The fraction of sp³-hybridized carbons (Fsp3) is 0.611. The Labute approximate surface area is 143 Å². The monoisotopic (exact) mass is 329 g/mol. The highest BCUT2D eigenvalue weighted by molar-refractivity contribution is 5.60. The van der Waals surface area contributed by atoms with Crippen molar-refractivity contribution in [2.45, 2.75) is 38.6 Å². The van der Waals surface area contributed by atoms with E-state index in [2.05, 4.69) is 35.0 Å². The Morgan fingerprint density at radius 1 is 1.29 bits per heavy atom. The van der Waals surface area contributed by atoms with Crippen molar-refractivity contribution in [2.75, 3.05) is 33.4 Å². The van der Waals surface area contributed by atoms with Crippen LogP contribution in [0.25, 0.3) is 11.3 Å². The predicted molar refractivity (Wildman–Crippen MR) is 93.9 cm³/mol. The van der Waals surface area contributed by atoms with Gasteiger partial charge in [-0.05, 0) is 33.2 Å². The lowest BCUT2D eigenvalue weighted by molar-refractivity contribution is 0.127. The lowest BCUT2D eigenvalue weighted by Crippen LogP contribution is -2.37. The van der Waals surface area contributed by atoms with Gasteiger partial charge in [0, 0.05) is 56.3 Å². The first-order chi connectivity index (χ1) is 11.7. The normalized spacial score (nSPS) is 19.1. The number of piperidine rings is 1. The molecule has 0 amide bonds. The molecule has 1 unspecified atom stereocenters. The van der Waals surface area contributed by atoms with Crippen LogP contribution in [0.15, 0.2) is 24.8 Å². The summed E-state index contributed by atoms with van der Waals surface area (Å²) in [6.07, 6.45) is 9.91. The highest BCUT2D eigenvalue weighted by atomic mass is 16.5. The second-order valence-corrected chi connectivity index (χ2v) is 6.73. The number of hydrogen-bond acceptors (Lipinski definition) is 5. The van der Waals surface area contributed by atoms with E-state index < -0.39 is 0 Å². The van der Waals surface area contributed by atoms with Gasteiger partial charge in [0.25, 0.3) is 0 Å². The van der Waals surface area contributed by atoms with Crippen molar-refractivity contribution >= 4 is 0 Å². The van der Waals surface area contributed by atoms with E-state index in [-0.39, 0.29) is 0 Å². The van der Waals surface area contributed by atoms with Crippen LogP contribution in [0.2, 0.25) is 0 Å². The molecule has 0 bridgehead atoms. The van der Waals surface area contributed by atoms with E-state index in [1.54, 1.807) is 19.5 Å². The van der Waals surface area contributed by atoms with Crippen molar-refractivity contribution in [2.24, 2.45) is 0 Å². The topological polar surface area (TPSA) is 56.1 Å². The van der Waals surface area contributed by atoms with Gasteiger partial charge in [0.2, 0.25) is 0 Å². The summed E-state index contributed by atoms with van der Waals surface area (Å²) in [6, 6.07) is 0.345. The summed E-state index contributed by atoms with van der Waals surface area (Å²) in [4.78, 5) is 11.8. The summed E-state index contributed by atoms with van der Waals surface area (Å²) < 4.78 is 7.19. The molecule has 0 saturated carbocycles. The van der Waals surface area contributed by atoms with Gasteiger partial charge >= 0.3 is 0 Å². The zero-order valence-corrected chi connectivity index (χ0v) is 14.9. The van der Waals surface area contributed by atoms with E-state index in [9.17, 15) is 0 Å². The quantitative estimate of drug-likeness (QED) is 0.815. The lowest BCUT2D eigenvalue weighted by atomic mass is 9.92.